The Morgan fingerprint density at radius 1 is 0.909 bits per heavy atom. The number of carbonyl (C=O) groups excluding carboxylic acids is 1. The van der Waals surface area contributed by atoms with Gasteiger partial charge < -0.3 is 14.5 Å². The van der Waals surface area contributed by atoms with Crippen molar-refractivity contribution in [1.29, 1.82) is 0 Å². The number of amides is 1. The number of piperazine rings is 1. The van der Waals surface area contributed by atoms with Gasteiger partial charge in [-0.1, -0.05) is 30.3 Å². The molecule has 0 bridgehead atoms. The van der Waals surface area contributed by atoms with Crippen molar-refractivity contribution < 1.29 is 17.9 Å². The van der Waals surface area contributed by atoms with Gasteiger partial charge in [0.25, 0.3) is 0 Å². The van der Waals surface area contributed by atoms with E-state index < -0.39 is 9.84 Å². The number of likely N-dealkylation sites (tertiary alicyclic amines) is 1. The second-order valence-corrected chi connectivity index (χ2v) is 10.8. The lowest BCUT2D eigenvalue weighted by Gasteiger charge is -2.40. The van der Waals surface area contributed by atoms with Gasteiger partial charge in [-0.25, -0.2) is 8.42 Å². The lowest BCUT2D eigenvalue weighted by atomic mass is 10.1. The van der Waals surface area contributed by atoms with Crippen LogP contribution in [0, 0.1) is 0 Å². The number of rotatable bonds is 7. The highest BCUT2D eigenvalue weighted by Crippen LogP contribution is 2.29. The average molecular weight is 472 g/mol. The van der Waals surface area contributed by atoms with Crippen LogP contribution in [0.15, 0.2) is 59.5 Å². The maximum atomic E-state index is 12.7. The molecule has 0 N–H and O–H groups in total. The fourth-order valence-electron chi connectivity index (χ4n) is 4.82. The summed E-state index contributed by atoms with van der Waals surface area (Å²) in [5, 5.41) is 0. The summed E-state index contributed by atoms with van der Waals surface area (Å²) in [7, 11) is -1.68. The maximum Gasteiger partial charge on any atom is 0.222 e. The Hall–Kier alpha value is -2.58. The summed E-state index contributed by atoms with van der Waals surface area (Å²) in [6.07, 6.45) is 2.18. The summed E-state index contributed by atoms with van der Waals surface area (Å²) in [6.45, 7) is 4.59. The van der Waals surface area contributed by atoms with Crippen molar-refractivity contribution in [3.05, 3.63) is 54.6 Å². The summed E-state index contributed by atoms with van der Waals surface area (Å²) in [4.78, 5) is 19.6. The number of ether oxygens (including phenoxy) is 1. The number of sulfone groups is 1. The molecule has 1 atom stereocenters. The number of hydrogen-bond donors (Lipinski definition) is 0. The van der Waals surface area contributed by atoms with Crippen LogP contribution in [-0.2, 0) is 14.6 Å². The molecule has 0 aliphatic carbocycles. The van der Waals surface area contributed by atoms with Crippen molar-refractivity contribution >= 4 is 21.4 Å². The molecule has 0 aromatic heterocycles. The second-order valence-electron chi connectivity index (χ2n) is 8.69. The number of benzene rings is 2. The standard InChI is InChI=1S/C25H33N3O4S/c1-32-24-10-6-5-9-23(24)27-17-15-26(16-18-27)21-11-12-25(29)28(14-13-21)19-20-33(30,31)22-7-3-2-4-8-22/h2-10,21H,11-20H2,1H3. The lowest BCUT2D eigenvalue weighted by Crippen LogP contribution is -2.50. The third kappa shape index (κ3) is 5.68. The van der Waals surface area contributed by atoms with Crippen LogP contribution >= 0.6 is 0 Å². The average Bonchev–Trinajstić information content (AvgIpc) is 3.04. The Balaban J connectivity index is 1.30. The van der Waals surface area contributed by atoms with Crippen molar-refractivity contribution in [1.82, 2.24) is 9.80 Å². The molecule has 2 aromatic carbocycles. The normalized spacial score (nSPS) is 20.5. The van der Waals surface area contributed by atoms with Crippen LogP contribution in [-0.4, -0.2) is 82.3 Å². The predicted molar refractivity (Wildman–Crippen MR) is 129 cm³/mol. The van der Waals surface area contributed by atoms with Crippen molar-refractivity contribution in [2.45, 2.75) is 30.2 Å². The Labute approximate surface area is 196 Å². The molecule has 0 saturated carbocycles. The quantitative estimate of drug-likeness (QED) is 0.619. The van der Waals surface area contributed by atoms with E-state index in [2.05, 4.69) is 15.9 Å². The van der Waals surface area contributed by atoms with Gasteiger partial charge in [-0.3, -0.25) is 9.69 Å². The van der Waals surface area contributed by atoms with Crippen molar-refractivity contribution in [3.8, 4) is 5.75 Å². The molecule has 2 aromatic rings. The van der Waals surface area contributed by atoms with Gasteiger partial charge in [-0.05, 0) is 37.1 Å². The first-order valence-electron chi connectivity index (χ1n) is 11.7. The molecule has 2 aliphatic rings. The first-order valence-corrected chi connectivity index (χ1v) is 13.3. The van der Waals surface area contributed by atoms with E-state index in [1.807, 2.05) is 18.2 Å². The van der Waals surface area contributed by atoms with E-state index in [4.69, 9.17) is 4.74 Å². The highest BCUT2D eigenvalue weighted by Gasteiger charge is 2.30. The van der Waals surface area contributed by atoms with E-state index >= 15 is 0 Å². The molecule has 1 amide bonds. The van der Waals surface area contributed by atoms with Crippen LogP contribution in [0.25, 0.3) is 0 Å². The third-order valence-electron chi connectivity index (χ3n) is 6.77. The van der Waals surface area contributed by atoms with Crippen molar-refractivity contribution in [2.24, 2.45) is 0 Å². The first kappa shape index (κ1) is 23.6. The number of methoxy groups -OCH3 is 1. The Kier molecular flexibility index (Phi) is 7.55. The Morgan fingerprint density at radius 2 is 1.61 bits per heavy atom. The summed E-state index contributed by atoms with van der Waals surface area (Å²) >= 11 is 0. The molecule has 2 fully saturated rings. The molecular formula is C25H33N3O4S. The Morgan fingerprint density at radius 3 is 2.33 bits per heavy atom. The molecule has 0 radical (unpaired) electrons. The van der Waals surface area contributed by atoms with E-state index in [1.54, 1.807) is 42.3 Å². The van der Waals surface area contributed by atoms with E-state index in [9.17, 15) is 13.2 Å². The summed E-state index contributed by atoms with van der Waals surface area (Å²) in [6, 6.07) is 16.9. The lowest BCUT2D eigenvalue weighted by molar-refractivity contribution is -0.130. The Bertz CT molecular complexity index is 1040. The summed E-state index contributed by atoms with van der Waals surface area (Å²) < 4.78 is 30.7. The first-order chi connectivity index (χ1) is 16.0. The van der Waals surface area contributed by atoms with E-state index in [0.717, 1.165) is 50.5 Å². The number of anilines is 1. The van der Waals surface area contributed by atoms with E-state index in [-0.39, 0.29) is 18.2 Å². The van der Waals surface area contributed by atoms with Gasteiger partial charge in [0.05, 0.1) is 23.4 Å². The molecule has 178 valence electrons. The van der Waals surface area contributed by atoms with Gasteiger partial charge in [0.1, 0.15) is 5.75 Å². The van der Waals surface area contributed by atoms with Gasteiger partial charge >= 0.3 is 0 Å². The molecule has 7 nitrogen and oxygen atoms in total. The smallest absolute Gasteiger partial charge is 0.222 e. The highest BCUT2D eigenvalue weighted by atomic mass is 32.2. The number of para-hydroxylation sites is 2. The topological polar surface area (TPSA) is 70.2 Å². The third-order valence-corrected chi connectivity index (χ3v) is 8.48. The van der Waals surface area contributed by atoms with E-state index in [1.165, 1.54) is 0 Å². The number of carbonyl (C=O) groups is 1. The van der Waals surface area contributed by atoms with Crippen LogP contribution in [0.5, 0.6) is 5.75 Å². The van der Waals surface area contributed by atoms with Crippen LogP contribution in [0.4, 0.5) is 5.69 Å². The fraction of sp³-hybridized carbons (Fsp3) is 0.480. The van der Waals surface area contributed by atoms with Gasteiger partial charge in [0.15, 0.2) is 9.84 Å². The predicted octanol–water partition coefficient (Wildman–Crippen LogP) is 2.67. The van der Waals surface area contributed by atoms with Gasteiger partial charge in [0.2, 0.25) is 5.91 Å². The number of hydrogen-bond acceptors (Lipinski definition) is 6. The zero-order valence-corrected chi connectivity index (χ0v) is 20.0. The van der Waals surface area contributed by atoms with Gasteiger partial charge in [-0.2, -0.15) is 0 Å². The van der Waals surface area contributed by atoms with Crippen molar-refractivity contribution in [2.75, 3.05) is 57.0 Å². The SMILES string of the molecule is COc1ccccc1N1CCN(C2CCC(=O)N(CCS(=O)(=O)c3ccccc3)CC2)CC1. The van der Waals surface area contributed by atoms with E-state index in [0.29, 0.717) is 23.9 Å². The molecule has 4 rings (SSSR count). The monoisotopic (exact) mass is 471 g/mol. The van der Waals surface area contributed by atoms with Gasteiger partial charge in [0, 0.05) is 51.7 Å². The van der Waals surface area contributed by atoms with Crippen LogP contribution in [0.3, 0.4) is 0 Å². The molecule has 2 heterocycles. The summed E-state index contributed by atoms with van der Waals surface area (Å²) in [5.41, 5.74) is 1.13. The molecule has 2 aliphatic heterocycles. The second kappa shape index (κ2) is 10.6. The van der Waals surface area contributed by atoms with Crippen LogP contribution in [0.2, 0.25) is 0 Å². The highest BCUT2D eigenvalue weighted by molar-refractivity contribution is 7.91. The van der Waals surface area contributed by atoms with Crippen molar-refractivity contribution in [3.63, 3.8) is 0 Å². The molecule has 8 heteroatoms. The minimum atomic E-state index is -3.39. The largest absolute Gasteiger partial charge is 0.495 e. The zero-order valence-electron chi connectivity index (χ0n) is 19.2. The maximum absolute atomic E-state index is 12.7. The molecule has 2 saturated heterocycles. The fourth-order valence-corrected chi connectivity index (χ4v) is 6.09. The minimum absolute atomic E-state index is 0.0367. The van der Waals surface area contributed by atoms with Gasteiger partial charge in [-0.15, -0.1) is 0 Å². The number of nitrogens with zero attached hydrogens (tertiary/aromatic N) is 3. The van der Waals surface area contributed by atoms with Crippen LogP contribution in [0.1, 0.15) is 19.3 Å². The summed E-state index contributed by atoms with van der Waals surface area (Å²) in [5.74, 6) is 0.922. The molecular weight excluding hydrogens is 438 g/mol. The molecule has 1 unspecified atom stereocenters. The van der Waals surface area contributed by atoms with Crippen LogP contribution < -0.4 is 9.64 Å². The minimum Gasteiger partial charge on any atom is -0.495 e. The molecule has 0 spiro atoms. The zero-order chi connectivity index (χ0) is 23.3. The molecule has 33 heavy (non-hydrogen) atoms.